The van der Waals surface area contributed by atoms with Crippen LogP contribution in [0.2, 0.25) is 0 Å². The molecule has 0 aromatic rings. The van der Waals surface area contributed by atoms with E-state index in [4.69, 9.17) is 10.5 Å². The van der Waals surface area contributed by atoms with Crippen LogP contribution in [0.1, 0.15) is 45.4 Å². The van der Waals surface area contributed by atoms with E-state index < -0.39 is 0 Å². The van der Waals surface area contributed by atoms with Crippen molar-refractivity contribution in [2.24, 2.45) is 5.73 Å². The van der Waals surface area contributed by atoms with E-state index in [-0.39, 0.29) is 11.9 Å². The number of hydrogen-bond donors (Lipinski definition) is 2. The van der Waals surface area contributed by atoms with Gasteiger partial charge in [-0.2, -0.15) is 0 Å². The van der Waals surface area contributed by atoms with E-state index in [0.29, 0.717) is 13.0 Å². The highest BCUT2D eigenvalue weighted by atomic mass is 16.5. The Kier molecular flexibility index (Phi) is 10.5. The molecule has 96 valence electrons. The van der Waals surface area contributed by atoms with Crippen LogP contribution in [-0.4, -0.2) is 32.2 Å². The normalized spacial score (nSPS) is 12.4. The topological polar surface area (TPSA) is 64.4 Å². The van der Waals surface area contributed by atoms with E-state index >= 15 is 0 Å². The number of nitrogens with one attached hydrogen (secondary N) is 1. The minimum atomic E-state index is -0.388. The van der Waals surface area contributed by atoms with Crippen molar-refractivity contribution in [1.82, 2.24) is 5.32 Å². The highest BCUT2D eigenvalue weighted by molar-refractivity contribution is 5.81. The Morgan fingerprint density at radius 2 is 2.06 bits per heavy atom. The van der Waals surface area contributed by atoms with E-state index in [9.17, 15) is 4.79 Å². The summed E-state index contributed by atoms with van der Waals surface area (Å²) in [7, 11) is 1.65. The molecule has 0 heterocycles. The first-order valence-electron chi connectivity index (χ1n) is 6.24. The molecule has 0 aromatic heterocycles. The molecule has 1 atom stereocenters. The highest BCUT2D eigenvalue weighted by Crippen LogP contribution is 1.98. The van der Waals surface area contributed by atoms with E-state index in [0.717, 1.165) is 19.4 Å². The molecular weight excluding hydrogens is 204 g/mol. The molecule has 0 fully saturated rings. The molecule has 0 spiro atoms. The van der Waals surface area contributed by atoms with Crippen LogP contribution in [0.4, 0.5) is 0 Å². The first kappa shape index (κ1) is 15.4. The Hall–Kier alpha value is -0.610. The van der Waals surface area contributed by atoms with Gasteiger partial charge in [-0.3, -0.25) is 4.79 Å². The van der Waals surface area contributed by atoms with Crippen LogP contribution >= 0.6 is 0 Å². The Morgan fingerprint density at radius 3 is 2.69 bits per heavy atom. The number of nitrogens with two attached hydrogens (primary N) is 1. The molecule has 0 bridgehead atoms. The van der Waals surface area contributed by atoms with Crippen molar-refractivity contribution in [1.29, 1.82) is 0 Å². The zero-order valence-electron chi connectivity index (χ0n) is 10.6. The van der Waals surface area contributed by atoms with Crippen molar-refractivity contribution >= 4 is 5.91 Å². The number of amides is 1. The first-order valence-corrected chi connectivity index (χ1v) is 6.24. The van der Waals surface area contributed by atoms with Crippen LogP contribution in [0.15, 0.2) is 0 Å². The average molecular weight is 230 g/mol. The predicted octanol–water partition coefficient (Wildman–Crippen LogP) is 1.44. The first-order chi connectivity index (χ1) is 7.72. The molecule has 0 saturated carbocycles. The Labute approximate surface area is 98.9 Å². The van der Waals surface area contributed by atoms with Gasteiger partial charge in [0.15, 0.2) is 0 Å². The van der Waals surface area contributed by atoms with Crippen LogP contribution in [0.3, 0.4) is 0 Å². The van der Waals surface area contributed by atoms with E-state index in [1.807, 2.05) is 0 Å². The third-order valence-corrected chi connectivity index (χ3v) is 2.53. The van der Waals surface area contributed by atoms with Gasteiger partial charge in [0.05, 0.1) is 6.04 Å². The maximum Gasteiger partial charge on any atom is 0.236 e. The second-order valence-electron chi connectivity index (χ2n) is 4.09. The molecule has 0 aromatic carbocycles. The summed E-state index contributed by atoms with van der Waals surface area (Å²) >= 11 is 0. The molecule has 3 N–H and O–H groups in total. The third kappa shape index (κ3) is 8.68. The molecular formula is C12H26N2O2. The van der Waals surface area contributed by atoms with Gasteiger partial charge in [-0.15, -0.1) is 0 Å². The van der Waals surface area contributed by atoms with Gasteiger partial charge in [0, 0.05) is 20.3 Å². The number of carbonyl (C=O) groups excluding carboxylic acids is 1. The summed E-state index contributed by atoms with van der Waals surface area (Å²) in [4.78, 5) is 11.5. The number of rotatable bonds is 10. The maximum absolute atomic E-state index is 11.5. The summed E-state index contributed by atoms with van der Waals surface area (Å²) in [5, 5.41) is 2.86. The Bertz CT molecular complexity index is 174. The molecule has 0 rings (SSSR count). The summed E-state index contributed by atoms with van der Waals surface area (Å²) in [6.07, 6.45) is 6.19. The largest absolute Gasteiger partial charge is 0.385 e. The maximum atomic E-state index is 11.5. The zero-order chi connectivity index (χ0) is 12.2. The van der Waals surface area contributed by atoms with Gasteiger partial charge >= 0.3 is 0 Å². The lowest BCUT2D eigenvalue weighted by Crippen LogP contribution is -2.41. The number of ether oxygens (including phenoxy) is 1. The summed E-state index contributed by atoms with van der Waals surface area (Å²) in [6, 6.07) is -0.388. The van der Waals surface area contributed by atoms with Gasteiger partial charge in [-0.05, 0) is 19.3 Å². The smallest absolute Gasteiger partial charge is 0.236 e. The third-order valence-electron chi connectivity index (χ3n) is 2.53. The summed E-state index contributed by atoms with van der Waals surface area (Å²) < 4.78 is 4.91. The van der Waals surface area contributed by atoms with E-state index in [1.165, 1.54) is 19.3 Å². The van der Waals surface area contributed by atoms with Crippen molar-refractivity contribution in [3.05, 3.63) is 0 Å². The number of methoxy groups -OCH3 is 1. The van der Waals surface area contributed by atoms with Crippen LogP contribution in [-0.2, 0) is 9.53 Å². The molecule has 0 saturated heterocycles. The van der Waals surface area contributed by atoms with Gasteiger partial charge in [0.1, 0.15) is 0 Å². The molecule has 0 radical (unpaired) electrons. The minimum absolute atomic E-state index is 0.0346. The fourth-order valence-electron chi connectivity index (χ4n) is 1.47. The minimum Gasteiger partial charge on any atom is -0.385 e. The van der Waals surface area contributed by atoms with Crippen LogP contribution in [0.5, 0.6) is 0 Å². The quantitative estimate of drug-likeness (QED) is 0.558. The Balaban J connectivity index is 3.40. The molecule has 16 heavy (non-hydrogen) atoms. The lowest BCUT2D eigenvalue weighted by atomic mass is 10.1. The average Bonchev–Trinajstić information content (AvgIpc) is 2.28. The van der Waals surface area contributed by atoms with Crippen molar-refractivity contribution in [3.63, 3.8) is 0 Å². The molecule has 0 aliphatic rings. The van der Waals surface area contributed by atoms with Crippen LogP contribution < -0.4 is 11.1 Å². The number of hydrogen-bond acceptors (Lipinski definition) is 3. The Morgan fingerprint density at radius 1 is 1.31 bits per heavy atom. The van der Waals surface area contributed by atoms with Gasteiger partial charge in [0.2, 0.25) is 5.91 Å². The van der Waals surface area contributed by atoms with Crippen molar-refractivity contribution in [2.75, 3.05) is 20.3 Å². The standard InChI is InChI=1S/C12H26N2O2/c1-3-4-5-6-9-14-12(15)11(13)8-7-10-16-2/h11H,3-10,13H2,1-2H3,(H,14,15). The molecule has 0 aliphatic heterocycles. The van der Waals surface area contributed by atoms with Crippen molar-refractivity contribution in [3.8, 4) is 0 Å². The molecule has 1 amide bonds. The highest BCUT2D eigenvalue weighted by Gasteiger charge is 2.11. The molecule has 0 aliphatic carbocycles. The summed E-state index contributed by atoms with van der Waals surface area (Å²) in [5.41, 5.74) is 5.73. The lowest BCUT2D eigenvalue weighted by molar-refractivity contribution is -0.122. The van der Waals surface area contributed by atoms with Crippen LogP contribution in [0.25, 0.3) is 0 Å². The van der Waals surface area contributed by atoms with E-state index in [1.54, 1.807) is 7.11 Å². The second kappa shape index (κ2) is 10.9. The number of unbranched alkanes of at least 4 members (excludes halogenated alkanes) is 3. The summed E-state index contributed by atoms with van der Waals surface area (Å²) in [6.45, 7) is 3.58. The van der Waals surface area contributed by atoms with Gasteiger partial charge < -0.3 is 15.8 Å². The molecule has 1 unspecified atom stereocenters. The van der Waals surface area contributed by atoms with Crippen LogP contribution in [0, 0.1) is 0 Å². The van der Waals surface area contributed by atoms with E-state index in [2.05, 4.69) is 12.2 Å². The predicted molar refractivity (Wildman–Crippen MR) is 66.2 cm³/mol. The lowest BCUT2D eigenvalue weighted by Gasteiger charge is -2.11. The zero-order valence-corrected chi connectivity index (χ0v) is 10.6. The summed E-state index contributed by atoms with van der Waals surface area (Å²) in [5.74, 6) is -0.0346. The van der Waals surface area contributed by atoms with Gasteiger partial charge in [-0.25, -0.2) is 0 Å². The number of carbonyl (C=O) groups is 1. The monoisotopic (exact) mass is 230 g/mol. The molecule has 4 heteroatoms. The van der Waals surface area contributed by atoms with Crippen molar-refractivity contribution < 1.29 is 9.53 Å². The second-order valence-corrected chi connectivity index (χ2v) is 4.09. The SMILES string of the molecule is CCCCCCNC(=O)C(N)CCCOC. The molecule has 4 nitrogen and oxygen atoms in total. The fraction of sp³-hybridized carbons (Fsp3) is 0.917. The van der Waals surface area contributed by atoms with Gasteiger partial charge in [0.25, 0.3) is 0 Å². The van der Waals surface area contributed by atoms with Gasteiger partial charge in [-0.1, -0.05) is 26.2 Å². The fourth-order valence-corrected chi connectivity index (χ4v) is 1.47. The van der Waals surface area contributed by atoms with Crippen molar-refractivity contribution in [2.45, 2.75) is 51.5 Å².